The smallest absolute Gasteiger partial charge is 0.240 e. The number of halogens is 1. The molecule has 0 unspecified atom stereocenters. The number of methoxy groups -OCH3 is 1. The van der Waals surface area contributed by atoms with Crippen LogP contribution >= 0.6 is 11.3 Å². The fourth-order valence-electron chi connectivity index (χ4n) is 4.71. The molecule has 0 radical (unpaired) electrons. The second kappa shape index (κ2) is 9.56. The number of fused-ring (bicyclic) bond motifs is 2. The van der Waals surface area contributed by atoms with Gasteiger partial charge >= 0.3 is 0 Å². The van der Waals surface area contributed by atoms with E-state index in [2.05, 4.69) is 25.4 Å². The number of hydrogen-bond donors (Lipinski definition) is 1. The van der Waals surface area contributed by atoms with Gasteiger partial charge in [0.1, 0.15) is 30.2 Å². The van der Waals surface area contributed by atoms with Gasteiger partial charge in [-0.15, -0.1) is 16.4 Å². The average Bonchev–Trinajstić information content (AvgIpc) is 3.51. The number of thiazole rings is 1. The van der Waals surface area contributed by atoms with Crippen molar-refractivity contribution in [1.29, 1.82) is 0 Å². The van der Waals surface area contributed by atoms with Crippen LogP contribution in [0.2, 0.25) is 0 Å². The Balaban J connectivity index is 1.47. The van der Waals surface area contributed by atoms with Gasteiger partial charge in [0.25, 0.3) is 0 Å². The molecule has 0 spiro atoms. The highest BCUT2D eigenvalue weighted by Crippen LogP contribution is 2.40. The van der Waals surface area contributed by atoms with E-state index in [-0.39, 0.29) is 0 Å². The number of alkyl halides is 1. The van der Waals surface area contributed by atoms with E-state index >= 15 is 4.39 Å². The summed E-state index contributed by atoms with van der Waals surface area (Å²) in [5, 5.41) is 8.48. The molecule has 2 atom stereocenters. The number of aryl methyl sites for hydroxylation is 1. The Bertz CT molecular complexity index is 1590. The van der Waals surface area contributed by atoms with Gasteiger partial charge in [-0.05, 0) is 49.4 Å². The number of likely N-dealkylation sites (tertiary alicyclic amines) is 1. The molecule has 0 aliphatic carbocycles. The summed E-state index contributed by atoms with van der Waals surface area (Å²) in [6, 6.07) is 9.80. The molecule has 0 bridgehead atoms. The van der Waals surface area contributed by atoms with Crippen molar-refractivity contribution in [3.05, 3.63) is 48.4 Å². The van der Waals surface area contributed by atoms with Crippen LogP contribution in [0.5, 0.6) is 11.6 Å². The van der Waals surface area contributed by atoms with E-state index in [1.165, 1.54) is 6.33 Å². The van der Waals surface area contributed by atoms with Crippen LogP contribution in [0.25, 0.3) is 32.2 Å². The minimum atomic E-state index is -1.11. The maximum atomic E-state index is 15.0. The Labute approximate surface area is 216 Å². The van der Waals surface area contributed by atoms with Crippen molar-refractivity contribution in [2.45, 2.75) is 18.7 Å². The first kappa shape index (κ1) is 23.6. The minimum Gasteiger partial charge on any atom is -0.486 e. The van der Waals surface area contributed by atoms with E-state index in [9.17, 15) is 0 Å². The monoisotopic (exact) mass is 519 g/mol. The van der Waals surface area contributed by atoms with Gasteiger partial charge in [-0.1, -0.05) is 0 Å². The Morgan fingerprint density at radius 2 is 2.00 bits per heavy atom. The summed E-state index contributed by atoms with van der Waals surface area (Å²) in [5.74, 6) is 1.58. The molecule has 1 fully saturated rings. The molecule has 190 valence electrons. The molecular formula is C26H26FN7O2S. The van der Waals surface area contributed by atoms with Gasteiger partial charge in [-0.2, -0.15) is 0 Å². The maximum absolute atomic E-state index is 15.0. The van der Waals surface area contributed by atoms with Crippen LogP contribution in [0.1, 0.15) is 6.42 Å². The third-order valence-electron chi connectivity index (χ3n) is 6.56. The fraction of sp³-hybridized carbons (Fsp3) is 0.308. The van der Waals surface area contributed by atoms with Crippen molar-refractivity contribution in [2.75, 3.05) is 32.6 Å². The van der Waals surface area contributed by atoms with Crippen LogP contribution in [0.3, 0.4) is 0 Å². The molecule has 1 aliphatic rings. The molecule has 9 nitrogen and oxygen atoms in total. The predicted octanol–water partition coefficient (Wildman–Crippen LogP) is 4.81. The largest absolute Gasteiger partial charge is 0.486 e. The van der Waals surface area contributed by atoms with Crippen molar-refractivity contribution in [3.8, 4) is 22.8 Å². The summed E-state index contributed by atoms with van der Waals surface area (Å²) in [7, 11) is 5.34. The van der Waals surface area contributed by atoms with Gasteiger partial charge < -0.3 is 19.7 Å². The average molecular weight is 520 g/mol. The summed E-state index contributed by atoms with van der Waals surface area (Å²) < 4.78 is 29.7. The highest BCUT2D eigenvalue weighted by molar-refractivity contribution is 7.16. The molecule has 3 aromatic heterocycles. The second-order valence-corrected chi connectivity index (χ2v) is 10.1. The molecule has 1 aliphatic heterocycles. The van der Waals surface area contributed by atoms with Gasteiger partial charge in [0.05, 0.1) is 39.3 Å². The number of benzene rings is 2. The molecule has 6 rings (SSSR count). The lowest BCUT2D eigenvalue weighted by atomic mass is 10.0. The van der Waals surface area contributed by atoms with Crippen molar-refractivity contribution >= 4 is 44.0 Å². The number of aromatic nitrogens is 5. The number of hydrogen-bond acceptors (Lipinski definition) is 9. The van der Waals surface area contributed by atoms with Crippen molar-refractivity contribution in [3.63, 3.8) is 0 Å². The Morgan fingerprint density at radius 3 is 2.84 bits per heavy atom. The summed E-state index contributed by atoms with van der Waals surface area (Å²) in [5.41, 5.74) is 5.90. The number of piperidine rings is 1. The third-order valence-corrected chi connectivity index (χ3v) is 7.35. The van der Waals surface area contributed by atoms with Crippen LogP contribution in [0, 0.1) is 0 Å². The zero-order valence-electron chi connectivity index (χ0n) is 20.7. The highest BCUT2D eigenvalue weighted by atomic mass is 32.1. The maximum Gasteiger partial charge on any atom is 0.240 e. The summed E-state index contributed by atoms with van der Waals surface area (Å²) >= 11 is 1.57. The molecule has 4 heterocycles. The SMILES string of the molecule is COc1nn(C)cc1-c1cc(O[C@@H]2CCN(C)C[C@H]2F)c2c(Nc3ccc4ncsc4c3)ncnc2c1. The first-order valence-electron chi connectivity index (χ1n) is 11.9. The van der Waals surface area contributed by atoms with Crippen molar-refractivity contribution < 1.29 is 13.9 Å². The van der Waals surface area contributed by atoms with E-state index in [0.29, 0.717) is 41.3 Å². The number of rotatable bonds is 6. The first-order valence-corrected chi connectivity index (χ1v) is 12.8. The predicted molar refractivity (Wildman–Crippen MR) is 143 cm³/mol. The van der Waals surface area contributed by atoms with E-state index < -0.39 is 12.3 Å². The third kappa shape index (κ3) is 4.56. The first-order chi connectivity index (χ1) is 18.0. The lowest BCUT2D eigenvalue weighted by Crippen LogP contribution is -2.45. The van der Waals surface area contributed by atoms with E-state index in [4.69, 9.17) is 9.47 Å². The Hall–Kier alpha value is -3.83. The van der Waals surface area contributed by atoms with Crippen molar-refractivity contribution in [1.82, 2.24) is 29.6 Å². The molecule has 1 N–H and O–H groups in total. The molecular weight excluding hydrogens is 493 g/mol. The Morgan fingerprint density at radius 1 is 1.11 bits per heavy atom. The van der Waals surface area contributed by atoms with E-state index in [1.807, 2.05) is 61.0 Å². The molecule has 5 aromatic rings. The Kier molecular flexibility index (Phi) is 6.09. The number of nitrogens with one attached hydrogen (secondary N) is 1. The minimum absolute atomic E-state index is 0.329. The van der Waals surface area contributed by atoms with Gasteiger partial charge in [0, 0.05) is 32.0 Å². The van der Waals surface area contributed by atoms with Gasteiger partial charge in [-0.25, -0.2) is 19.3 Å². The normalized spacial score (nSPS) is 18.4. The molecule has 0 saturated carbocycles. The number of nitrogens with zero attached hydrogens (tertiary/aromatic N) is 6. The van der Waals surface area contributed by atoms with Crippen LogP contribution in [-0.2, 0) is 7.05 Å². The zero-order chi connectivity index (χ0) is 25.5. The fourth-order valence-corrected chi connectivity index (χ4v) is 5.43. The van der Waals surface area contributed by atoms with E-state index in [0.717, 1.165) is 33.6 Å². The molecule has 1 saturated heterocycles. The van der Waals surface area contributed by atoms with Crippen LogP contribution in [-0.4, -0.2) is 69.2 Å². The molecule has 11 heteroatoms. The van der Waals surface area contributed by atoms with Crippen LogP contribution in [0.4, 0.5) is 15.9 Å². The quantitative estimate of drug-likeness (QED) is 0.342. The van der Waals surface area contributed by atoms with Crippen LogP contribution in [0.15, 0.2) is 48.4 Å². The summed E-state index contributed by atoms with van der Waals surface area (Å²) in [6.45, 7) is 1.09. The lowest BCUT2D eigenvalue weighted by Gasteiger charge is -2.32. The molecule has 2 aromatic carbocycles. The van der Waals surface area contributed by atoms with Gasteiger partial charge in [0.15, 0.2) is 0 Å². The second-order valence-electron chi connectivity index (χ2n) is 9.20. The van der Waals surface area contributed by atoms with Gasteiger partial charge in [0.2, 0.25) is 5.88 Å². The molecule has 0 amide bonds. The number of ether oxygens (including phenoxy) is 2. The number of anilines is 2. The zero-order valence-corrected chi connectivity index (χ0v) is 21.5. The standard InChI is InChI=1S/C26H26FN7O2S/c1-33-7-6-21(18(27)12-33)36-22-9-15(17-11-34(2)32-26(17)35-3)8-20-24(22)25(29-13-28-20)31-16-4-5-19-23(10-16)37-14-30-19/h4-5,8-11,13-14,18,21H,6-7,12H2,1-3H3,(H,28,29,31)/t18-,21-/m1/s1. The topological polar surface area (TPSA) is 90.2 Å². The van der Waals surface area contributed by atoms with E-state index in [1.54, 1.807) is 23.1 Å². The lowest BCUT2D eigenvalue weighted by molar-refractivity contribution is 0.0323. The van der Waals surface area contributed by atoms with Gasteiger partial charge in [-0.3, -0.25) is 4.68 Å². The summed E-state index contributed by atoms with van der Waals surface area (Å²) in [6.07, 6.45) is 2.28. The summed E-state index contributed by atoms with van der Waals surface area (Å²) in [4.78, 5) is 15.4. The van der Waals surface area contributed by atoms with Crippen LogP contribution < -0.4 is 14.8 Å². The van der Waals surface area contributed by atoms with Crippen molar-refractivity contribution in [2.24, 2.45) is 7.05 Å². The molecule has 37 heavy (non-hydrogen) atoms. The highest BCUT2D eigenvalue weighted by Gasteiger charge is 2.30.